The molecule has 1 saturated carbocycles. The molecule has 1 heterocycles. The van der Waals surface area contributed by atoms with Crippen LogP contribution in [-0.4, -0.2) is 29.5 Å². The average molecular weight is 438 g/mol. The summed E-state index contributed by atoms with van der Waals surface area (Å²) in [6.07, 6.45) is 7.13. The molecule has 32 heavy (non-hydrogen) atoms. The van der Waals surface area contributed by atoms with E-state index >= 15 is 0 Å². The van der Waals surface area contributed by atoms with E-state index in [2.05, 4.69) is 10.6 Å². The number of hydrogen-bond acceptors (Lipinski definition) is 2. The van der Waals surface area contributed by atoms with Crippen molar-refractivity contribution in [2.24, 2.45) is 0 Å². The summed E-state index contributed by atoms with van der Waals surface area (Å²) in [5, 5.41) is 6.05. The lowest BCUT2D eigenvalue weighted by atomic mass is 9.95. The number of carbonyl (C=O) groups is 2. The maximum atomic E-state index is 14.7. The lowest BCUT2D eigenvalue weighted by Crippen LogP contribution is -2.36. The lowest BCUT2D eigenvalue weighted by molar-refractivity contribution is 0.0927. The Balaban J connectivity index is 0.00000141. The monoisotopic (exact) mass is 437 g/mol. The number of halogens is 1. The van der Waals surface area contributed by atoms with Crippen LogP contribution in [0.4, 0.5) is 4.39 Å². The van der Waals surface area contributed by atoms with Gasteiger partial charge in [0, 0.05) is 36.8 Å². The summed E-state index contributed by atoms with van der Waals surface area (Å²) in [5.74, 6) is -0.752. The van der Waals surface area contributed by atoms with Crippen LogP contribution in [0.5, 0.6) is 0 Å². The van der Waals surface area contributed by atoms with Crippen LogP contribution in [0.1, 0.15) is 72.2 Å². The van der Waals surface area contributed by atoms with Gasteiger partial charge >= 0.3 is 0 Å². The van der Waals surface area contributed by atoms with Gasteiger partial charge in [0.2, 0.25) is 0 Å². The second kappa shape index (κ2) is 10.9. The first kappa shape index (κ1) is 23.5. The van der Waals surface area contributed by atoms with E-state index in [4.69, 9.17) is 0 Å². The molecule has 2 N–H and O–H groups in total. The van der Waals surface area contributed by atoms with E-state index in [0.717, 1.165) is 31.2 Å². The third-order valence-corrected chi connectivity index (χ3v) is 5.84. The van der Waals surface area contributed by atoms with Crippen molar-refractivity contribution in [1.29, 1.82) is 0 Å². The Morgan fingerprint density at radius 3 is 2.34 bits per heavy atom. The third-order valence-electron chi connectivity index (χ3n) is 5.84. The molecule has 1 fully saturated rings. The first-order valence-corrected chi connectivity index (χ1v) is 11.5. The molecule has 0 atom stereocenters. The maximum absolute atomic E-state index is 14.7. The van der Waals surface area contributed by atoms with Gasteiger partial charge in [-0.15, -0.1) is 0 Å². The molecule has 0 unspecified atom stereocenters. The van der Waals surface area contributed by atoms with Crippen molar-refractivity contribution in [3.05, 3.63) is 71.2 Å². The molecule has 0 radical (unpaired) electrons. The predicted octanol–water partition coefficient (Wildman–Crippen LogP) is 5.28. The normalized spacial score (nSPS) is 13.9. The molecule has 0 aliphatic heterocycles. The molecule has 1 aromatic heterocycles. The minimum atomic E-state index is -0.394. The second-order valence-corrected chi connectivity index (χ2v) is 7.89. The predicted molar refractivity (Wildman–Crippen MR) is 127 cm³/mol. The van der Waals surface area contributed by atoms with E-state index in [0.29, 0.717) is 28.6 Å². The van der Waals surface area contributed by atoms with Crippen LogP contribution in [-0.2, 0) is 6.54 Å². The van der Waals surface area contributed by atoms with E-state index in [1.807, 2.05) is 36.6 Å². The summed E-state index contributed by atoms with van der Waals surface area (Å²) in [5.41, 5.74) is 2.59. The highest BCUT2D eigenvalue weighted by Gasteiger charge is 2.22. The molecule has 4 rings (SSSR count). The molecule has 1 aliphatic rings. The van der Waals surface area contributed by atoms with Crippen LogP contribution < -0.4 is 10.6 Å². The molecular weight excluding hydrogens is 405 g/mol. The number of nitrogens with one attached hydrogen (secondary N) is 2. The minimum absolute atomic E-state index is 0.142. The summed E-state index contributed by atoms with van der Waals surface area (Å²) in [6.45, 7) is 4.48. The molecule has 6 heteroatoms. The molecule has 0 spiro atoms. The van der Waals surface area contributed by atoms with Gasteiger partial charge in [-0.05, 0) is 42.7 Å². The summed E-state index contributed by atoms with van der Waals surface area (Å²) < 4.78 is 16.6. The Morgan fingerprint density at radius 2 is 1.69 bits per heavy atom. The van der Waals surface area contributed by atoms with Crippen molar-refractivity contribution >= 4 is 22.7 Å². The van der Waals surface area contributed by atoms with Crippen LogP contribution in [0.25, 0.3) is 10.9 Å². The summed E-state index contributed by atoms with van der Waals surface area (Å²) >= 11 is 0. The van der Waals surface area contributed by atoms with Crippen molar-refractivity contribution in [2.45, 2.75) is 58.5 Å². The molecule has 0 saturated heterocycles. The van der Waals surface area contributed by atoms with Crippen molar-refractivity contribution < 1.29 is 14.0 Å². The Kier molecular flexibility index (Phi) is 8.03. The molecule has 170 valence electrons. The van der Waals surface area contributed by atoms with Gasteiger partial charge in [-0.2, -0.15) is 0 Å². The number of benzene rings is 2. The lowest BCUT2D eigenvalue weighted by Gasteiger charge is -2.22. The Hall–Kier alpha value is -3.15. The van der Waals surface area contributed by atoms with Gasteiger partial charge in [0.25, 0.3) is 11.8 Å². The number of carbonyl (C=O) groups excluding carboxylic acids is 2. The fourth-order valence-corrected chi connectivity index (χ4v) is 4.22. The Labute approximate surface area is 189 Å². The first-order valence-electron chi connectivity index (χ1n) is 11.5. The summed E-state index contributed by atoms with van der Waals surface area (Å²) in [7, 11) is 1.59. The van der Waals surface area contributed by atoms with Gasteiger partial charge in [0.15, 0.2) is 0 Å². The van der Waals surface area contributed by atoms with Crippen molar-refractivity contribution in [2.75, 3.05) is 7.05 Å². The van der Waals surface area contributed by atoms with E-state index in [9.17, 15) is 14.0 Å². The van der Waals surface area contributed by atoms with Crippen molar-refractivity contribution in [3.63, 3.8) is 0 Å². The molecule has 2 aromatic carbocycles. The van der Waals surface area contributed by atoms with E-state index in [-0.39, 0.29) is 17.9 Å². The summed E-state index contributed by atoms with van der Waals surface area (Å²) in [6, 6.07) is 12.3. The number of rotatable bonds is 5. The second-order valence-electron chi connectivity index (χ2n) is 7.89. The first-order chi connectivity index (χ1) is 15.6. The zero-order valence-corrected chi connectivity index (χ0v) is 19.1. The van der Waals surface area contributed by atoms with Crippen LogP contribution >= 0.6 is 0 Å². The number of fused-ring (bicyclic) bond motifs is 1. The fourth-order valence-electron chi connectivity index (χ4n) is 4.22. The fraction of sp³-hybridized carbons (Fsp3) is 0.385. The standard InChI is InChI=1S/C24H26FN3O2.C2H6/c1-26-23(29)17-12-10-16(11-13-17)14-28-15-19(22-20(25)8-5-9-21(22)28)24(30)27-18-6-3-2-4-7-18;1-2/h5,8-13,15,18H,2-4,6-7,14H2,1H3,(H,26,29)(H,27,30);1-2H3. The smallest absolute Gasteiger partial charge is 0.253 e. The number of nitrogens with zero attached hydrogens (tertiary/aromatic N) is 1. The molecular formula is C26H32FN3O2. The Bertz CT molecular complexity index is 1070. The average Bonchev–Trinajstić information content (AvgIpc) is 3.21. The van der Waals surface area contributed by atoms with E-state index < -0.39 is 5.82 Å². The topological polar surface area (TPSA) is 63.1 Å². The largest absolute Gasteiger partial charge is 0.355 e. The zero-order valence-electron chi connectivity index (χ0n) is 19.1. The molecule has 1 aliphatic carbocycles. The van der Waals surface area contributed by atoms with Gasteiger partial charge in [0.05, 0.1) is 11.1 Å². The third kappa shape index (κ3) is 5.18. The maximum Gasteiger partial charge on any atom is 0.253 e. The van der Waals surface area contributed by atoms with Crippen LogP contribution in [0.2, 0.25) is 0 Å². The van der Waals surface area contributed by atoms with E-state index in [1.54, 1.807) is 31.4 Å². The molecule has 5 nitrogen and oxygen atoms in total. The van der Waals surface area contributed by atoms with Gasteiger partial charge < -0.3 is 15.2 Å². The van der Waals surface area contributed by atoms with Crippen LogP contribution in [0.15, 0.2) is 48.7 Å². The zero-order chi connectivity index (χ0) is 23.1. The number of aromatic nitrogens is 1. The molecule has 0 bridgehead atoms. The van der Waals surface area contributed by atoms with Crippen LogP contribution in [0, 0.1) is 5.82 Å². The van der Waals surface area contributed by atoms with Crippen LogP contribution in [0.3, 0.4) is 0 Å². The molecule has 3 aromatic rings. The number of amides is 2. The highest BCUT2D eigenvalue weighted by atomic mass is 19.1. The summed E-state index contributed by atoms with van der Waals surface area (Å²) in [4.78, 5) is 24.7. The van der Waals surface area contributed by atoms with Gasteiger partial charge in [-0.3, -0.25) is 9.59 Å². The van der Waals surface area contributed by atoms with Crippen molar-refractivity contribution in [3.8, 4) is 0 Å². The van der Waals surface area contributed by atoms with Gasteiger partial charge in [-0.25, -0.2) is 4.39 Å². The SMILES string of the molecule is CC.CNC(=O)c1ccc(Cn2cc(C(=O)NC3CCCCC3)c3c(F)cccc32)cc1. The number of hydrogen-bond donors (Lipinski definition) is 2. The minimum Gasteiger partial charge on any atom is -0.355 e. The van der Waals surface area contributed by atoms with E-state index in [1.165, 1.54) is 12.5 Å². The van der Waals surface area contributed by atoms with Crippen molar-refractivity contribution in [1.82, 2.24) is 15.2 Å². The van der Waals surface area contributed by atoms with Gasteiger partial charge in [-0.1, -0.05) is 51.3 Å². The molecule has 2 amide bonds. The highest BCUT2D eigenvalue weighted by Crippen LogP contribution is 2.26. The highest BCUT2D eigenvalue weighted by molar-refractivity contribution is 6.07. The Morgan fingerprint density at radius 1 is 1.00 bits per heavy atom. The van der Waals surface area contributed by atoms with Gasteiger partial charge in [0.1, 0.15) is 5.82 Å². The quantitative estimate of drug-likeness (QED) is 0.571.